The number of carbonyl (C=O) groups is 1. The first-order chi connectivity index (χ1) is 14.7. The molecule has 0 aliphatic rings. The largest absolute Gasteiger partial charge is 0.489 e. The average Bonchev–Trinajstić information content (AvgIpc) is 2.74. The Morgan fingerprint density at radius 1 is 0.903 bits per heavy atom. The van der Waals surface area contributed by atoms with Crippen LogP contribution >= 0.6 is 0 Å². The Morgan fingerprint density at radius 3 is 2.10 bits per heavy atom. The summed E-state index contributed by atoms with van der Waals surface area (Å²) < 4.78 is 31.6. The Labute approximate surface area is 183 Å². The maximum absolute atomic E-state index is 12.6. The molecule has 0 spiro atoms. The number of aryl methyl sites for hydroxylation is 2. The number of hydrogen-bond donors (Lipinski definition) is 1. The Kier molecular flexibility index (Phi) is 6.97. The molecule has 162 valence electrons. The average molecular weight is 439 g/mol. The third-order valence-electron chi connectivity index (χ3n) is 4.81. The number of rotatable bonds is 8. The van der Waals surface area contributed by atoms with Crippen LogP contribution in [-0.2, 0) is 21.4 Å². The number of nitrogens with zero attached hydrogens (tertiary/aromatic N) is 1. The molecule has 6 nitrogen and oxygen atoms in total. The Balaban J connectivity index is 1.71. The molecule has 31 heavy (non-hydrogen) atoms. The molecule has 0 aliphatic heterocycles. The lowest BCUT2D eigenvalue weighted by atomic mass is 10.1. The van der Waals surface area contributed by atoms with Gasteiger partial charge in [-0.3, -0.25) is 9.10 Å². The van der Waals surface area contributed by atoms with E-state index in [1.807, 2.05) is 62.4 Å². The van der Waals surface area contributed by atoms with Crippen LogP contribution in [0.15, 0.2) is 72.8 Å². The van der Waals surface area contributed by atoms with Crippen molar-refractivity contribution in [3.8, 4) is 5.75 Å². The van der Waals surface area contributed by atoms with E-state index in [-0.39, 0.29) is 6.54 Å². The van der Waals surface area contributed by atoms with Gasteiger partial charge in [0.15, 0.2) is 0 Å². The van der Waals surface area contributed by atoms with Gasteiger partial charge in [-0.25, -0.2) is 8.42 Å². The van der Waals surface area contributed by atoms with E-state index in [0.717, 1.165) is 27.3 Å². The molecule has 0 unspecified atom stereocenters. The topological polar surface area (TPSA) is 75.7 Å². The summed E-state index contributed by atoms with van der Waals surface area (Å²) in [6, 6.07) is 22.1. The third-order valence-corrected chi connectivity index (χ3v) is 5.95. The van der Waals surface area contributed by atoms with Crippen LogP contribution in [0, 0.1) is 13.8 Å². The van der Waals surface area contributed by atoms with Crippen LogP contribution in [0.3, 0.4) is 0 Å². The van der Waals surface area contributed by atoms with Crippen LogP contribution < -0.4 is 14.4 Å². The number of nitrogens with one attached hydrogen (secondary N) is 1. The molecule has 1 amide bonds. The number of ether oxygens (including phenoxy) is 1. The maximum atomic E-state index is 12.6. The van der Waals surface area contributed by atoms with Crippen molar-refractivity contribution in [1.82, 2.24) is 0 Å². The minimum atomic E-state index is -3.66. The second-order valence-electron chi connectivity index (χ2n) is 7.35. The van der Waals surface area contributed by atoms with Crippen LogP contribution in [0.5, 0.6) is 5.75 Å². The summed E-state index contributed by atoms with van der Waals surface area (Å²) in [5.41, 5.74) is 3.96. The molecule has 0 fully saturated rings. The van der Waals surface area contributed by atoms with Gasteiger partial charge in [-0.1, -0.05) is 48.5 Å². The van der Waals surface area contributed by atoms with E-state index in [4.69, 9.17) is 4.74 Å². The van der Waals surface area contributed by atoms with E-state index in [0.29, 0.717) is 23.7 Å². The molecule has 0 atom stereocenters. The van der Waals surface area contributed by atoms with Crippen molar-refractivity contribution in [3.63, 3.8) is 0 Å². The third kappa shape index (κ3) is 6.08. The molecule has 1 N–H and O–H groups in total. The molecule has 3 aromatic rings. The Hall–Kier alpha value is -3.32. The standard InChI is InChI=1S/C24H26N2O4S/c1-18-8-7-9-19(2)24(18)25-23(27)16-26(31(3,28)29)21-12-14-22(15-13-21)30-17-20-10-5-4-6-11-20/h4-15H,16-17H2,1-3H3,(H,25,27). The normalized spacial score (nSPS) is 11.1. The van der Waals surface area contributed by atoms with E-state index in [2.05, 4.69) is 5.32 Å². The zero-order valence-corrected chi connectivity index (χ0v) is 18.6. The lowest BCUT2D eigenvalue weighted by molar-refractivity contribution is -0.114. The van der Waals surface area contributed by atoms with Crippen molar-refractivity contribution in [2.24, 2.45) is 0 Å². The summed E-state index contributed by atoms with van der Waals surface area (Å²) in [6.07, 6.45) is 1.08. The molecule has 0 saturated carbocycles. The quantitative estimate of drug-likeness (QED) is 0.569. The van der Waals surface area contributed by atoms with E-state index in [9.17, 15) is 13.2 Å². The molecule has 7 heteroatoms. The number of amides is 1. The van der Waals surface area contributed by atoms with Gasteiger partial charge in [-0.05, 0) is 54.8 Å². The number of carbonyl (C=O) groups excluding carboxylic acids is 1. The fraction of sp³-hybridized carbons (Fsp3) is 0.208. The van der Waals surface area contributed by atoms with E-state index >= 15 is 0 Å². The monoisotopic (exact) mass is 438 g/mol. The second-order valence-corrected chi connectivity index (χ2v) is 9.26. The van der Waals surface area contributed by atoms with Gasteiger partial charge in [0.05, 0.1) is 11.9 Å². The summed E-state index contributed by atoms with van der Waals surface area (Å²) in [7, 11) is -3.66. The predicted molar refractivity (Wildman–Crippen MR) is 124 cm³/mol. The highest BCUT2D eigenvalue weighted by atomic mass is 32.2. The first kappa shape index (κ1) is 22.4. The van der Waals surface area contributed by atoms with Crippen molar-refractivity contribution in [3.05, 3.63) is 89.5 Å². The van der Waals surface area contributed by atoms with E-state index in [1.54, 1.807) is 24.3 Å². The van der Waals surface area contributed by atoms with Gasteiger partial charge >= 0.3 is 0 Å². The summed E-state index contributed by atoms with van der Waals surface area (Å²) >= 11 is 0. The van der Waals surface area contributed by atoms with Gasteiger partial charge in [-0.2, -0.15) is 0 Å². The van der Waals surface area contributed by atoms with Gasteiger partial charge in [0.2, 0.25) is 15.9 Å². The predicted octanol–water partition coefficient (Wildman–Crippen LogP) is 4.29. The highest BCUT2D eigenvalue weighted by molar-refractivity contribution is 7.92. The van der Waals surface area contributed by atoms with Crippen molar-refractivity contribution < 1.29 is 17.9 Å². The molecule has 0 saturated heterocycles. The maximum Gasteiger partial charge on any atom is 0.245 e. The lowest BCUT2D eigenvalue weighted by Crippen LogP contribution is -2.37. The van der Waals surface area contributed by atoms with Crippen molar-refractivity contribution in [2.45, 2.75) is 20.5 Å². The molecule has 0 radical (unpaired) electrons. The lowest BCUT2D eigenvalue weighted by Gasteiger charge is -2.22. The molecular formula is C24H26N2O4S. The summed E-state index contributed by atoms with van der Waals surface area (Å²) in [5, 5.41) is 2.83. The van der Waals surface area contributed by atoms with Gasteiger partial charge in [0.25, 0.3) is 0 Å². The van der Waals surface area contributed by atoms with Crippen molar-refractivity contribution >= 4 is 27.3 Å². The summed E-state index contributed by atoms with van der Waals surface area (Å²) in [6.45, 7) is 3.88. The molecule has 0 heterocycles. The van der Waals surface area contributed by atoms with Crippen LogP contribution in [0.2, 0.25) is 0 Å². The number of anilines is 2. The fourth-order valence-corrected chi connectivity index (χ4v) is 4.03. The summed E-state index contributed by atoms with van der Waals surface area (Å²) in [5.74, 6) is 0.202. The smallest absolute Gasteiger partial charge is 0.245 e. The van der Waals surface area contributed by atoms with Crippen LogP contribution in [0.4, 0.5) is 11.4 Å². The number of sulfonamides is 1. The Bertz CT molecular complexity index is 1120. The van der Waals surface area contributed by atoms with Gasteiger partial charge < -0.3 is 10.1 Å². The van der Waals surface area contributed by atoms with Gasteiger partial charge in [-0.15, -0.1) is 0 Å². The second kappa shape index (κ2) is 9.66. The minimum Gasteiger partial charge on any atom is -0.489 e. The van der Waals surface area contributed by atoms with E-state index in [1.165, 1.54) is 0 Å². The molecule has 3 rings (SSSR count). The fourth-order valence-electron chi connectivity index (χ4n) is 3.17. The van der Waals surface area contributed by atoms with Crippen LogP contribution in [-0.4, -0.2) is 27.1 Å². The number of benzene rings is 3. The van der Waals surface area contributed by atoms with Crippen LogP contribution in [0.25, 0.3) is 0 Å². The zero-order valence-electron chi connectivity index (χ0n) is 17.8. The first-order valence-electron chi connectivity index (χ1n) is 9.84. The van der Waals surface area contributed by atoms with Crippen molar-refractivity contribution in [1.29, 1.82) is 0 Å². The molecule has 0 bridgehead atoms. The SMILES string of the molecule is Cc1cccc(C)c1NC(=O)CN(c1ccc(OCc2ccccc2)cc1)S(C)(=O)=O. The minimum absolute atomic E-state index is 0.323. The number of para-hydroxylation sites is 1. The molecule has 3 aromatic carbocycles. The van der Waals surface area contributed by atoms with E-state index < -0.39 is 15.9 Å². The number of hydrogen-bond acceptors (Lipinski definition) is 4. The Morgan fingerprint density at radius 2 is 1.52 bits per heavy atom. The summed E-state index contributed by atoms with van der Waals surface area (Å²) in [4.78, 5) is 12.6. The highest BCUT2D eigenvalue weighted by Crippen LogP contribution is 2.23. The molecule has 0 aromatic heterocycles. The zero-order chi connectivity index (χ0) is 22.4. The first-order valence-corrected chi connectivity index (χ1v) is 11.7. The van der Waals surface area contributed by atoms with Gasteiger partial charge in [0.1, 0.15) is 18.9 Å². The van der Waals surface area contributed by atoms with Crippen LogP contribution in [0.1, 0.15) is 16.7 Å². The molecule has 0 aliphatic carbocycles. The van der Waals surface area contributed by atoms with Gasteiger partial charge in [0, 0.05) is 5.69 Å². The van der Waals surface area contributed by atoms with Crippen molar-refractivity contribution in [2.75, 3.05) is 22.4 Å². The highest BCUT2D eigenvalue weighted by Gasteiger charge is 2.21. The molecular weight excluding hydrogens is 412 g/mol.